The molecule has 0 aromatic heterocycles. The maximum Gasteiger partial charge on any atom is 0.238 e. The summed E-state index contributed by atoms with van der Waals surface area (Å²) in [6.45, 7) is 0.439. The van der Waals surface area contributed by atoms with Gasteiger partial charge in [-0.25, -0.2) is 8.42 Å². The van der Waals surface area contributed by atoms with Crippen LogP contribution >= 0.6 is 0 Å². The average molecular weight is 296 g/mol. The number of amides is 1. The number of nitrogen functional groups attached to an aromatic ring is 1. The molecule has 0 spiro atoms. The summed E-state index contributed by atoms with van der Waals surface area (Å²) in [4.78, 5) is 11.9. The Balaban J connectivity index is 1.84. The third kappa shape index (κ3) is 3.72. The summed E-state index contributed by atoms with van der Waals surface area (Å²) in [6, 6.07) is 7.42. The molecule has 0 aliphatic carbocycles. The summed E-state index contributed by atoms with van der Waals surface area (Å²) in [5, 5.41) is 1.86. The number of anilines is 1. The molecular weight excluding hydrogens is 276 g/mol. The molecule has 1 heterocycles. The highest BCUT2D eigenvalue weighted by Gasteiger charge is 2.34. The third-order valence-corrected chi connectivity index (χ3v) is 5.74. The Kier molecular flexibility index (Phi) is 4.65. The van der Waals surface area contributed by atoms with Crippen molar-refractivity contribution < 1.29 is 13.2 Å². The van der Waals surface area contributed by atoms with Crippen molar-refractivity contribution in [1.29, 1.82) is 0 Å². The first-order chi connectivity index (χ1) is 9.49. The molecule has 110 valence electrons. The number of hydrogen-bond acceptors (Lipinski definition) is 4. The van der Waals surface area contributed by atoms with E-state index in [2.05, 4.69) is 5.32 Å². The van der Waals surface area contributed by atoms with Gasteiger partial charge in [-0.05, 0) is 37.0 Å². The van der Waals surface area contributed by atoms with Crippen molar-refractivity contribution in [3.8, 4) is 0 Å². The Labute approximate surface area is 119 Å². The first kappa shape index (κ1) is 14.8. The van der Waals surface area contributed by atoms with Crippen LogP contribution in [0.15, 0.2) is 24.3 Å². The van der Waals surface area contributed by atoms with Gasteiger partial charge < -0.3 is 11.1 Å². The Morgan fingerprint density at radius 1 is 1.25 bits per heavy atom. The lowest BCUT2D eigenvalue weighted by Crippen LogP contribution is -2.43. The number of hydrogen-bond donors (Lipinski definition) is 2. The van der Waals surface area contributed by atoms with Gasteiger partial charge in [-0.3, -0.25) is 4.79 Å². The normalized spacial score (nSPS) is 21.3. The summed E-state index contributed by atoms with van der Waals surface area (Å²) >= 11 is 0. The maximum atomic E-state index is 11.9. The van der Waals surface area contributed by atoms with Gasteiger partial charge in [0.25, 0.3) is 0 Å². The van der Waals surface area contributed by atoms with Gasteiger partial charge in [0, 0.05) is 12.2 Å². The minimum absolute atomic E-state index is 0.128. The van der Waals surface area contributed by atoms with Crippen molar-refractivity contribution in [2.45, 2.75) is 30.9 Å². The van der Waals surface area contributed by atoms with E-state index < -0.39 is 15.1 Å². The minimum Gasteiger partial charge on any atom is -0.399 e. The fraction of sp³-hybridized carbons (Fsp3) is 0.500. The van der Waals surface area contributed by atoms with Crippen LogP contribution in [-0.4, -0.2) is 31.9 Å². The fourth-order valence-corrected chi connectivity index (χ4v) is 4.20. The summed E-state index contributed by atoms with van der Waals surface area (Å²) in [5.74, 6) is -0.233. The second kappa shape index (κ2) is 6.26. The molecule has 1 atom stereocenters. The zero-order chi connectivity index (χ0) is 14.6. The largest absolute Gasteiger partial charge is 0.399 e. The van der Waals surface area contributed by atoms with Crippen molar-refractivity contribution in [3.05, 3.63) is 29.8 Å². The van der Waals surface area contributed by atoms with Crippen molar-refractivity contribution in [3.63, 3.8) is 0 Å². The molecule has 1 aliphatic heterocycles. The van der Waals surface area contributed by atoms with Gasteiger partial charge in [-0.15, -0.1) is 0 Å². The van der Waals surface area contributed by atoms with Gasteiger partial charge in [0.2, 0.25) is 5.91 Å². The lowest BCUT2D eigenvalue weighted by Gasteiger charge is -2.21. The maximum absolute atomic E-state index is 11.9. The predicted molar refractivity (Wildman–Crippen MR) is 79.0 cm³/mol. The van der Waals surface area contributed by atoms with Crippen LogP contribution in [0.3, 0.4) is 0 Å². The van der Waals surface area contributed by atoms with Gasteiger partial charge in [0.05, 0.1) is 5.75 Å². The fourth-order valence-electron chi connectivity index (χ4n) is 2.38. The Morgan fingerprint density at radius 3 is 2.60 bits per heavy atom. The molecule has 2 rings (SSSR count). The molecule has 20 heavy (non-hydrogen) atoms. The highest BCUT2D eigenvalue weighted by atomic mass is 32.2. The van der Waals surface area contributed by atoms with E-state index in [9.17, 15) is 13.2 Å². The van der Waals surface area contributed by atoms with Crippen LogP contribution in [0.4, 0.5) is 5.69 Å². The van der Waals surface area contributed by atoms with E-state index in [1.165, 1.54) is 0 Å². The lowest BCUT2D eigenvalue weighted by molar-refractivity contribution is -0.120. The number of carbonyl (C=O) groups is 1. The zero-order valence-corrected chi connectivity index (χ0v) is 12.2. The molecular formula is C14H20N2O3S. The molecule has 1 fully saturated rings. The first-order valence-electron chi connectivity index (χ1n) is 6.83. The van der Waals surface area contributed by atoms with E-state index in [4.69, 9.17) is 5.73 Å². The van der Waals surface area contributed by atoms with Crippen LogP contribution in [0.5, 0.6) is 0 Å². The number of nitrogens with two attached hydrogens (primary N) is 1. The molecule has 1 saturated heterocycles. The average Bonchev–Trinajstić information content (AvgIpc) is 2.40. The van der Waals surface area contributed by atoms with Crippen LogP contribution < -0.4 is 11.1 Å². The van der Waals surface area contributed by atoms with E-state index in [1.54, 1.807) is 0 Å². The SMILES string of the molecule is Nc1ccc(CCNC(=O)C2CCCCS2(=O)=O)cc1. The van der Waals surface area contributed by atoms with Crippen LogP contribution in [-0.2, 0) is 21.1 Å². The standard InChI is InChI=1S/C14H20N2O3S/c15-12-6-4-11(5-7-12)8-9-16-14(17)13-3-1-2-10-20(13,18)19/h4-7,13H,1-3,8-10,15H2,(H,16,17). The third-order valence-electron chi connectivity index (χ3n) is 3.56. The molecule has 5 nitrogen and oxygen atoms in total. The van der Waals surface area contributed by atoms with Gasteiger partial charge in [0.1, 0.15) is 5.25 Å². The van der Waals surface area contributed by atoms with E-state index in [0.717, 1.165) is 12.0 Å². The van der Waals surface area contributed by atoms with Crippen molar-refractivity contribution in [1.82, 2.24) is 5.32 Å². The number of rotatable bonds is 4. The summed E-state index contributed by atoms with van der Waals surface area (Å²) in [5.41, 5.74) is 7.36. The predicted octanol–water partition coefficient (Wildman–Crippen LogP) is 0.895. The van der Waals surface area contributed by atoms with E-state index in [-0.39, 0.29) is 11.7 Å². The quantitative estimate of drug-likeness (QED) is 0.808. The number of benzene rings is 1. The van der Waals surface area contributed by atoms with E-state index >= 15 is 0 Å². The summed E-state index contributed by atoms with van der Waals surface area (Å²) in [7, 11) is -3.25. The number of sulfone groups is 1. The highest BCUT2D eigenvalue weighted by Crippen LogP contribution is 2.19. The van der Waals surface area contributed by atoms with E-state index in [1.807, 2.05) is 24.3 Å². The van der Waals surface area contributed by atoms with Crippen molar-refractivity contribution >= 4 is 21.4 Å². The summed E-state index contributed by atoms with van der Waals surface area (Å²) < 4.78 is 23.6. The Hall–Kier alpha value is -1.56. The number of nitrogens with one attached hydrogen (secondary N) is 1. The highest BCUT2D eigenvalue weighted by molar-refractivity contribution is 7.92. The van der Waals surface area contributed by atoms with Gasteiger partial charge in [-0.1, -0.05) is 18.6 Å². The first-order valence-corrected chi connectivity index (χ1v) is 8.54. The molecule has 1 unspecified atom stereocenters. The van der Waals surface area contributed by atoms with Crippen LogP contribution in [0, 0.1) is 0 Å². The Bertz CT molecular complexity index is 567. The molecule has 1 aliphatic rings. The molecule has 0 saturated carbocycles. The molecule has 3 N–H and O–H groups in total. The molecule has 1 aromatic carbocycles. The molecule has 1 amide bonds. The number of carbonyl (C=O) groups excluding carboxylic acids is 1. The van der Waals surface area contributed by atoms with Gasteiger partial charge >= 0.3 is 0 Å². The van der Waals surface area contributed by atoms with Crippen molar-refractivity contribution in [2.75, 3.05) is 18.0 Å². The second-order valence-corrected chi connectivity index (χ2v) is 7.44. The molecule has 0 bridgehead atoms. The smallest absolute Gasteiger partial charge is 0.238 e. The molecule has 0 radical (unpaired) electrons. The minimum atomic E-state index is -3.25. The van der Waals surface area contributed by atoms with E-state index in [0.29, 0.717) is 31.5 Å². The van der Waals surface area contributed by atoms with Crippen LogP contribution in [0.2, 0.25) is 0 Å². The molecule has 1 aromatic rings. The monoisotopic (exact) mass is 296 g/mol. The second-order valence-electron chi connectivity index (χ2n) is 5.13. The lowest BCUT2D eigenvalue weighted by atomic mass is 10.1. The zero-order valence-electron chi connectivity index (χ0n) is 11.3. The molecule has 6 heteroatoms. The Morgan fingerprint density at radius 2 is 1.95 bits per heavy atom. The summed E-state index contributed by atoms with van der Waals surface area (Å²) in [6.07, 6.45) is 2.57. The van der Waals surface area contributed by atoms with Crippen LogP contribution in [0.25, 0.3) is 0 Å². The van der Waals surface area contributed by atoms with Gasteiger partial charge in [0.15, 0.2) is 9.84 Å². The van der Waals surface area contributed by atoms with Crippen LogP contribution in [0.1, 0.15) is 24.8 Å². The topological polar surface area (TPSA) is 89.3 Å². The van der Waals surface area contributed by atoms with Crippen molar-refractivity contribution in [2.24, 2.45) is 0 Å². The van der Waals surface area contributed by atoms with Gasteiger partial charge in [-0.2, -0.15) is 0 Å².